The second-order valence-corrected chi connectivity index (χ2v) is 6.06. The normalized spacial score (nSPS) is 17.6. The molecule has 1 aromatic rings. The number of piperidine rings is 1. The van der Waals surface area contributed by atoms with E-state index in [2.05, 4.69) is 22.2 Å². The van der Waals surface area contributed by atoms with Gasteiger partial charge in [-0.05, 0) is 45.3 Å². The van der Waals surface area contributed by atoms with Gasteiger partial charge >= 0.3 is 0 Å². The standard InChI is InChI=1S/C13H22N4OS/c1-17-6-3-10(4-7-17)2-5-15-13(18)11-9-19-12(8-14)16-11/h9-10H,2-8,14H2,1H3,(H,15,18). The van der Waals surface area contributed by atoms with Crippen LogP contribution in [0.2, 0.25) is 0 Å². The first-order valence-corrected chi connectivity index (χ1v) is 7.68. The Morgan fingerprint density at radius 2 is 2.32 bits per heavy atom. The van der Waals surface area contributed by atoms with E-state index in [1.54, 1.807) is 5.38 Å². The van der Waals surface area contributed by atoms with Gasteiger partial charge in [-0.25, -0.2) is 4.98 Å². The molecule has 0 aromatic carbocycles. The van der Waals surface area contributed by atoms with Crippen molar-refractivity contribution < 1.29 is 4.79 Å². The second kappa shape index (κ2) is 6.98. The highest BCUT2D eigenvalue weighted by Crippen LogP contribution is 2.18. The second-order valence-electron chi connectivity index (χ2n) is 5.12. The Morgan fingerprint density at radius 3 is 2.95 bits per heavy atom. The molecule has 0 aliphatic carbocycles. The molecule has 19 heavy (non-hydrogen) atoms. The van der Waals surface area contributed by atoms with Crippen molar-refractivity contribution >= 4 is 17.2 Å². The highest BCUT2D eigenvalue weighted by Gasteiger charge is 2.17. The number of nitrogens with one attached hydrogen (secondary N) is 1. The summed E-state index contributed by atoms with van der Waals surface area (Å²) in [6.07, 6.45) is 3.54. The molecule has 1 aromatic heterocycles. The van der Waals surface area contributed by atoms with E-state index in [0.717, 1.165) is 23.9 Å². The molecule has 1 fully saturated rings. The van der Waals surface area contributed by atoms with Gasteiger partial charge < -0.3 is 16.0 Å². The van der Waals surface area contributed by atoms with E-state index in [9.17, 15) is 4.79 Å². The summed E-state index contributed by atoms with van der Waals surface area (Å²) in [5, 5.41) is 5.52. The number of thiazole rings is 1. The lowest BCUT2D eigenvalue weighted by atomic mass is 9.94. The van der Waals surface area contributed by atoms with E-state index in [1.165, 1.54) is 37.3 Å². The van der Waals surface area contributed by atoms with Gasteiger partial charge in [0.05, 0.1) is 0 Å². The summed E-state index contributed by atoms with van der Waals surface area (Å²) in [6.45, 7) is 3.48. The van der Waals surface area contributed by atoms with E-state index >= 15 is 0 Å². The third-order valence-electron chi connectivity index (χ3n) is 3.64. The summed E-state index contributed by atoms with van der Waals surface area (Å²) in [5.74, 6) is 0.662. The number of aromatic nitrogens is 1. The number of amides is 1. The van der Waals surface area contributed by atoms with Crippen molar-refractivity contribution in [1.82, 2.24) is 15.2 Å². The molecule has 0 bridgehead atoms. The van der Waals surface area contributed by atoms with Crippen LogP contribution in [0.3, 0.4) is 0 Å². The van der Waals surface area contributed by atoms with Crippen molar-refractivity contribution in [2.24, 2.45) is 11.7 Å². The predicted octanol–water partition coefficient (Wildman–Crippen LogP) is 1.06. The first kappa shape index (κ1) is 14.4. The van der Waals surface area contributed by atoms with Gasteiger partial charge in [0.25, 0.3) is 5.91 Å². The Labute approximate surface area is 118 Å². The minimum Gasteiger partial charge on any atom is -0.351 e. The number of nitrogens with zero attached hydrogens (tertiary/aromatic N) is 2. The monoisotopic (exact) mass is 282 g/mol. The van der Waals surface area contributed by atoms with Crippen molar-refractivity contribution in [3.8, 4) is 0 Å². The van der Waals surface area contributed by atoms with Gasteiger partial charge in [-0.3, -0.25) is 4.79 Å². The summed E-state index contributed by atoms with van der Waals surface area (Å²) >= 11 is 1.44. The van der Waals surface area contributed by atoms with Crippen LogP contribution in [0.1, 0.15) is 34.8 Å². The molecule has 6 heteroatoms. The average Bonchev–Trinajstić information content (AvgIpc) is 2.90. The molecule has 2 heterocycles. The fraction of sp³-hybridized carbons (Fsp3) is 0.692. The average molecular weight is 282 g/mol. The molecule has 0 radical (unpaired) electrons. The summed E-state index contributed by atoms with van der Waals surface area (Å²) in [6, 6.07) is 0. The maximum absolute atomic E-state index is 11.9. The molecule has 0 unspecified atom stereocenters. The lowest BCUT2D eigenvalue weighted by Crippen LogP contribution is -2.32. The van der Waals surface area contributed by atoms with Gasteiger partial charge in [0.2, 0.25) is 0 Å². The molecule has 1 amide bonds. The third kappa shape index (κ3) is 4.26. The summed E-state index contributed by atoms with van der Waals surface area (Å²) in [5.41, 5.74) is 5.98. The Kier molecular flexibility index (Phi) is 5.30. The molecular formula is C13H22N4OS. The molecule has 3 N–H and O–H groups in total. The minimum atomic E-state index is -0.0797. The fourth-order valence-corrected chi connectivity index (χ4v) is 2.99. The lowest BCUT2D eigenvalue weighted by Gasteiger charge is -2.28. The van der Waals surface area contributed by atoms with Gasteiger partial charge in [-0.15, -0.1) is 11.3 Å². The summed E-state index contributed by atoms with van der Waals surface area (Å²) < 4.78 is 0. The van der Waals surface area contributed by atoms with E-state index in [4.69, 9.17) is 5.73 Å². The van der Waals surface area contributed by atoms with Crippen molar-refractivity contribution in [3.05, 3.63) is 16.1 Å². The van der Waals surface area contributed by atoms with Gasteiger partial charge in [0, 0.05) is 18.5 Å². The maximum atomic E-state index is 11.9. The van der Waals surface area contributed by atoms with Crippen LogP contribution in [0, 0.1) is 5.92 Å². The van der Waals surface area contributed by atoms with Crippen molar-refractivity contribution in [3.63, 3.8) is 0 Å². The molecule has 0 saturated carbocycles. The topological polar surface area (TPSA) is 71.2 Å². The highest BCUT2D eigenvalue weighted by atomic mass is 32.1. The van der Waals surface area contributed by atoms with Gasteiger partial charge in [0.15, 0.2) is 0 Å². The van der Waals surface area contributed by atoms with Crippen LogP contribution < -0.4 is 11.1 Å². The molecule has 1 aliphatic heterocycles. The van der Waals surface area contributed by atoms with E-state index in [0.29, 0.717) is 12.2 Å². The van der Waals surface area contributed by atoms with Gasteiger partial charge in [0.1, 0.15) is 10.7 Å². The molecular weight excluding hydrogens is 260 g/mol. The van der Waals surface area contributed by atoms with Crippen molar-refractivity contribution in [2.75, 3.05) is 26.7 Å². The maximum Gasteiger partial charge on any atom is 0.270 e. The van der Waals surface area contributed by atoms with Crippen LogP contribution in [-0.4, -0.2) is 42.5 Å². The Hall–Kier alpha value is -0.980. The largest absolute Gasteiger partial charge is 0.351 e. The summed E-state index contributed by atoms with van der Waals surface area (Å²) in [4.78, 5) is 18.4. The third-order valence-corrected chi connectivity index (χ3v) is 4.51. The van der Waals surface area contributed by atoms with E-state index in [-0.39, 0.29) is 5.91 Å². The van der Waals surface area contributed by atoms with Gasteiger partial charge in [-0.1, -0.05) is 0 Å². The molecule has 1 saturated heterocycles. The van der Waals surface area contributed by atoms with E-state index in [1.807, 2.05) is 0 Å². The molecule has 106 valence electrons. The molecule has 0 spiro atoms. The van der Waals surface area contributed by atoms with Crippen LogP contribution in [-0.2, 0) is 6.54 Å². The van der Waals surface area contributed by atoms with Crippen LogP contribution in [0.15, 0.2) is 5.38 Å². The van der Waals surface area contributed by atoms with Crippen LogP contribution in [0.25, 0.3) is 0 Å². The predicted molar refractivity (Wildman–Crippen MR) is 77.2 cm³/mol. The fourth-order valence-electron chi connectivity index (χ4n) is 2.34. The zero-order chi connectivity index (χ0) is 13.7. The number of likely N-dealkylation sites (tertiary alicyclic amines) is 1. The van der Waals surface area contributed by atoms with Crippen LogP contribution in [0.4, 0.5) is 0 Å². The number of rotatable bonds is 5. The molecule has 0 atom stereocenters. The Bertz CT molecular complexity index is 413. The molecule has 1 aliphatic rings. The highest BCUT2D eigenvalue weighted by molar-refractivity contribution is 7.09. The Balaban J connectivity index is 1.69. The minimum absolute atomic E-state index is 0.0797. The van der Waals surface area contributed by atoms with Crippen molar-refractivity contribution in [1.29, 1.82) is 0 Å². The molecule has 2 rings (SSSR count). The first-order chi connectivity index (χ1) is 9.19. The number of nitrogens with two attached hydrogens (primary N) is 1. The summed E-state index contributed by atoms with van der Waals surface area (Å²) in [7, 11) is 2.16. The number of hydrogen-bond donors (Lipinski definition) is 2. The van der Waals surface area contributed by atoms with Crippen molar-refractivity contribution in [2.45, 2.75) is 25.8 Å². The lowest BCUT2D eigenvalue weighted by molar-refractivity contribution is 0.0944. The zero-order valence-corrected chi connectivity index (χ0v) is 12.2. The molecule has 5 nitrogen and oxygen atoms in total. The SMILES string of the molecule is CN1CCC(CCNC(=O)c2csc(CN)n2)CC1. The van der Waals surface area contributed by atoms with E-state index < -0.39 is 0 Å². The quantitative estimate of drug-likeness (QED) is 0.847. The van der Waals surface area contributed by atoms with Gasteiger partial charge in [-0.2, -0.15) is 0 Å². The number of carbonyl (C=O) groups is 1. The van der Waals surface area contributed by atoms with Crippen LogP contribution >= 0.6 is 11.3 Å². The Morgan fingerprint density at radius 1 is 1.58 bits per heavy atom. The first-order valence-electron chi connectivity index (χ1n) is 6.80. The number of hydrogen-bond acceptors (Lipinski definition) is 5. The van der Waals surface area contributed by atoms with Crippen LogP contribution in [0.5, 0.6) is 0 Å². The number of carbonyl (C=O) groups excluding carboxylic acids is 1. The zero-order valence-electron chi connectivity index (χ0n) is 11.4. The smallest absolute Gasteiger partial charge is 0.270 e.